The lowest BCUT2D eigenvalue weighted by molar-refractivity contribution is -0.917. The zero-order valence-electron chi connectivity index (χ0n) is 14.9. The number of hydrogen-bond acceptors (Lipinski definition) is 4. The Kier molecular flexibility index (Phi) is 5.57. The molecule has 0 aliphatic carbocycles. The second-order valence-electron chi connectivity index (χ2n) is 6.63. The van der Waals surface area contributed by atoms with E-state index in [-0.39, 0.29) is 12.5 Å². The first-order valence-electron chi connectivity index (χ1n) is 9.01. The Hall–Kier alpha value is -2.15. The van der Waals surface area contributed by atoms with Crippen LogP contribution in [0.1, 0.15) is 5.01 Å². The molecule has 1 aromatic heterocycles. The van der Waals surface area contributed by atoms with Gasteiger partial charge in [-0.15, -0.1) is 11.3 Å². The Bertz CT molecular complexity index is 905. The van der Waals surface area contributed by atoms with Gasteiger partial charge < -0.3 is 14.5 Å². The third-order valence-corrected chi connectivity index (χ3v) is 5.99. The van der Waals surface area contributed by atoms with Gasteiger partial charge in [0.15, 0.2) is 6.61 Å². The van der Waals surface area contributed by atoms with Crippen molar-refractivity contribution >= 4 is 39.1 Å². The Morgan fingerprint density at radius 3 is 2.78 bits per heavy atom. The van der Waals surface area contributed by atoms with E-state index in [4.69, 9.17) is 21.3 Å². The van der Waals surface area contributed by atoms with Crippen molar-refractivity contribution in [3.63, 3.8) is 0 Å². The predicted molar refractivity (Wildman–Crippen MR) is 108 cm³/mol. The van der Waals surface area contributed by atoms with E-state index in [1.54, 1.807) is 29.5 Å². The molecule has 1 fully saturated rings. The van der Waals surface area contributed by atoms with Gasteiger partial charge in [0.05, 0.1) is 36.4 Å². The highest BCUT2D eigenvalue weighted by Gasteiger charge is 2.24. The molecule has 0 unspecified atom stereocenters. The minimum Gasteiger partial charge on any atom is -0.484 e. The topological polar surface area (TPSA) is 46.9 Å². The zero-order valence-corrected chi connectivity index (χ0v) is 16.4. The van der Waals surface area contributed by atoms with Crippen LogP contribution in [0.3, 0.4) is 0 Å². The number of carbonyl (C=O) groups excluding carboxylic acids is 1. The average Bonchev–Trinajstić information content (AvgIpc) is 3.09. The molecule has 2 aromatic carbocycles. The van der Waals surface area contributed by atoms with Gasteiger partial charge in [-0.25, -0.2) is 4.98 Å². The summed E-state index contributed by atoms with van der Waals surface area (Å²) in [6.45, 7) is 4.32. The van der Waals surface area contributed by atoms with Gasteiger partial charge in [-0.3, -0.25) is 4.79 Å². The molecule has 0 radical (unpaired) electrons. The maximum atomic E-state index is 12.4. The molecule has 1 N–H and O–H groups in total. The van der Waals surface area contributed by atoms with Gasteiger partial charge in [-0.1, -0.05) is 29.8 Å². The summed E-state index contributed by atoms with van der Waals surface area (Å²) in [5, 5.41) is 1.77. The molecular weight excluding hydrogens is 382 g/mol. The third-order valence-electron chi connectivity index (χ3n) is 4.72. The number of carbonyl (C=O) groups is 1. The fourth-order valence-electron chi connectivity index (χ4n) is 3.25. The van der Waals surface area contributed by atoms with Gasteiger partial charge in [0, 0.05) is 5.02 Å². The SMILES string of the molecule is O=C(COc1cccc(Cl)c1)N1CC[NH+](Cc2nc3ccccc3s2)CC1. The molecule has 0 spiro atoms. The minimum absolute atomic E-state index is 0.0222. The van der Waals surface area contributed by atoms with Crippen LogP contribution in [0.25, 0.3) is 10.2 Å². The van der Waals surface area contributed by atoms with E-state index in [0.717, 1.165) is 43.2 Å². The fourth-order valence-corrected chi connectivity index (χ4v) is 4.47. The first-order chi connectivity index (χ1) is 13.2. The quantitative estimate of drug-likeness (QED) is 0.712. The lowest BCUT2D eigenvalue weighted by Gasteiger charge is -2.31. The average molecular weight is 403 g/mol. The molecule has 1 saturated heterocycles. The van der Waals surface area contributed by atoms with Crippen LogP contribution < -0.4 is 9.64 Å². The molecule has 4 rings (SSSR count). The predicted octanol–water partition coefficient (Wildman–Crippen LogP) is 2.26. The summed E-state index contributed by atoms with van der Waals surface area (Å²) in [7, 11) is 0. The van der Waals surface area contributed by atoms with Crippen molar-refractivity contribution in [1.29, 1.82) is 0 Å². The van der Waals surface area contributed by atoms with E-state index in [1.165, 1.54) is 9.60 Å². The molecule has 140 valence electrons. The van der Waals surface area contributed by atoms with Crippen molar-refractivity contribution in [3.05, 3.63) is 58.6 Å². The molecule has 0 bridgehead atoms. The maximum Gasteiger partial charge on any atom is 0.260 e. The van der Waals surface area contributed by atoms with Crippen molar-refractivity contribution in [2.45, 2.75) is 6.54 Å². The van der Waals surface area contributed by atoms with Gasteiger partial charge in [0.2, 0.25) is 0 Å². The van der Waals surface area contributed by atoms with E-state index in [9.17, 15) is 4.79 Å². The smallest absolute Gasteiger partial charge is 0.260 e. The summed E-state index contributed by atoms with van der Waals surface area (Å²) in [4.78, 5) is 20.5. The van der Waals surface area contributed by atoms with Crippen molar-refractivity contribution < 1.29 is 14.4 Å². The van der Waals surface area contributed by atoms with Gasteiger partial charge in [-0.2, -0.15) is 0 Å². The largest absolute Gasteiger partial charge is 0.484 e. The normalized spacial score (nSPS) is 15.2. The van der Waals surface area contributed by atoms with Crippen LogP contribution in [0.2, 0.25) is 5.02 Å². The van der Waals surface area contributed by atoms with Crippen molar-refractivity contribution in [1.82, 2.24) is 9.88 Å². The summed E-state index contributed by atoms with van der Waals surface area (Å²) >= 11 is 7.70. The van der Waals surface area contributed by atoms with Gasteiger partial charge in [0.25, 0.3) is 5.91 Å². The van der Waals surface area contributed by atoms with Crippen LogP contribution >= 0.6 is 22.9 Å². The van der Waals surface area contributed by atoms with Crippen molar-refractivity contribution in [2.24, 2.45) is 0 Å². The van der Waals surface area contributed by atoms with Gasteiger partial charge >= 0.3 is 0 Å². The number of hydrogen-bond donors (Lipinski definition) is 1. The van der Waals surface area contributed by atoms with Crippen molar-refractivity contribution in [3.8, 4) is 5.75 Å². The summed E-state index contributed by atoms with van der Waals surface area (Å²) in [6, 6.07) is 15.4. The summed E-state index contributed by atoms with van der Waals surface area (Å²) in [5.41, 5.74) is 1.07. The number of benzene rings is 2. The van der Waals surface area contributed by atoms with E-state index in [2.05, 4.69) is 12.1 Å². The lowest BCUT2D eigenvalue weighted by Crippen LogP contribution is -3.13. The molecule has 1 aliphatic heterocycles. The Morgan fingerprint density at radius 1 is 1.19 bits per heavy atom. The Balaban J connectivity index is 1.26. The number of rotatable bonds is 5. The number of amides is 1. The highest BCUT2D eigenvalue weighted by molar-refractivity contribution is 7.18. The van der Waals surface area contributed by atoms with E-state index in [1.807, 2.05) is 23.1 Å². The summed E-state index contributed by atoms with van der Waals surface area (Å²) in [6.07, 6.45) is 0. The standard InChI is InChI=1S/C20H20ClN3O2S/c21-15-4-3-5-16(12-15)26-14-20(25)24-10-8-23(9-11-24)13-19-22-17-6-1-2-7-18(17)27-19/h1-7,12H,8-11,13-14H2/p+1. The number of para-hydroxylation sites is 1. The van der Waals surface area contributed by atoms with Crippen molar-refractivity contribution in [2.75, 3.05) is 32.8 Å². The first kappa shape index (κ1) is 18.2. The number of thiazole rings is 1. The number of aromatic nitrogens is 1. The maximum absolute atomic E-state index is 12.4. The first-order valence-corrected chi connectivity index (χ1v) is 10.2. The second-order valence-corrected chi connectivity index (χ2v) is 8.18. The van der Waals surface area contributed by atoms with Crippen LogP contribution in [0.15, 0.2) is 48.5 Å². The minimum atomic E-state index is 0.0222. The number of piperazine rings is 1. The number of fused-ring (bicyclic) bond motifs is 1. The Morgan fingerprint density at radius 2 is 2.00 bits per heavy atom. The third kappa shape index (κ3) is 4.58. The fraction of sp³-hybridized carbons (Fsp3) is 0.300. The van der Waals surface area contributed by atoms with E-state index >= 15 is 0 Å². The molecule has 27 heavy (non-hydrogen) atoms. The second kappa shape index (κ2) is 8.25. The van der Waals surface area contributed by atoms with Gasteiger partial charge in [-0.05, 0) is 30.3 Å². The summed E-state index contributed by atoms with van der Waals surface area (Å²) < 4.78 is 6.80. The zero-order chi connectivity index (χ0) is 18.6. The molecule has 1 amide bonds. The van der Waals surface area contributed by atoms with E-state index < -0.39 is 0 Å². The van der Waals surface area contributed by atoms with Crippen LogP contribution in [-0.2, 0) is 11.3 Å². The molecule has 0 atom stereocenters. The number of ether oxygens (including phenoxy) is 1. The molecule has 2 heterocycles. The molecule has 1 aliphatic rings. The van der Waals surface area contributed by atoms with Crippen LogP contribution in [-0.4, -0.2) is 48.6 Å². The lowest BCUT2D eigenvalue weighted by atomic mass is 10.3. The Labute approximate surface area is 167 Å². The van der Waals surface area contributed by atoms with Crippen LogP contribution in [0, 0.1) is 0 Å². The molecule has 0 saturated carbocycles. The van der Waals surface area contributed by atoms with E-state index in [0.29, 0.717) is 10.8 Å². The molecule has 5 nitrogen and oxygen atoms in total. The number of quaternary nitrogens is 1. The van der Waals surface area contributed by atoms with Crippen LogP contribution in [0.4, 0.5) is 0 Å². The number of halogens is 1. The number of nitrogens with one attached hydrogen (secondary N) is 1. The molecule has 7 heteroatoms. The monoisotopic (exact) mass is 402 g/mol. The summed E-state index contributed by atoms with van der Waals surface area (Å²) in [5.74, 6) is 0.643. The molecule has 3 aromatic rings. The molecular formula is C20H21ClN3O2S+. The highest BCUT2D eigenvalue weighted by Crippen LogP contribution is 2.21. The highest BCUT2D eigenvalue weighted by atomic mass is 35.5. The number of nitrogens with zero attached hydrogens (tertiary/aromatic N) is 2. The van der Waals surface area contributed by atoms with Crippen LogP contribution in [0.5, 0.6) is 5.75 Å². The van der Waals surface area contributed by atoms with Gasteiger partial charge in [0.1, 0.15) is 17.3 Å².